The molecule has 2 amide bonds. The Labute approximate surface area is 189 Å². The predicted molar refractivity (Wildman–Crippen MR) is 120 cm³/mol. The van der Waals surface area contributed by atoms with Crippen molar-refractivity contribution in [1.29, 1.82) is 0 Å². The summed E-state index contributed by atoms with van der Waals surface area (Å²) in [5.41, 5.74) is 1.23. The van der Waals surface area contributed by atoms with Gasteiger partial charge < -0.3 is 5.32 Å². The first-order valence-electron chi connectivity index (χ1n) is 10.8. The predicted octanol–water partition coefficient (Wildman–Crippen LogP) is 6.39. The van der Waals surface area contributed by atoms with Crippen LogP contribution in [0.3, 0.4) is 0 Å². The van der Waals surface area contributed by atoms with Crippen molar-refractivity contribution in [2.45, 2.75) is 50.1 Å². The van der Waals surface area contributed by atoms with Gasteiger partial charge in [-0.1, -0.05) is 37.8 Å². The maximum atomic E-state index is 12.9. The molecule has 1 aliphatic carbocycles. The van der Waals surface area contributed by atoms with Gasteiger partial charge in [0.25, 0.3) is 0 Å². The molecule has 2 aromatic rings. The fraction of sp³-hybridized carbons (Fsp3) is 0.417. The Balaban J connectivity index is 1.41. The van der Waals surface area contributed by atoms with Gasteiger partial charge in [-0.25, -0.2) is 0 Å². The molecule has 1 saturated carbocycles. The fourth-order valence-corrected chi connectivity index (χ4v) is 5.53. The molecule has 2 fully saturated rings. The summed E-state index contributed by atoms with van der Waals surface area (Å²) in [5, 5.41) is 2.60. The van der Waals surface area contributed by atoms with Crippen molar-refractivity contribution in [1.82, 2.24) is 0 Å². The lowest BCUT2D eigenvalue weighted by atomic mass is 10.0. The number of anilines is 2. The largest absolute Gasteiger partial charge is 0.416 e. The summed E-state index contributed by atoms with van der Waals surface area (Å²) in [6, 6.07) is 11.9. The maximum absolute atomic E-state index is 12.9. The van der Waals surface area contributed by atoms with Crippen LogP contribution in [0.15, 0.2) is 48.5 Å². The first-order valence-corrected chi connectivity index (χ1v) is 11.9. The molecule has 0 spiro atoms. The van der Waals surface area contributed by atoms with Crippen molar-refractivity contribution in [2.75, 3.05) is 16.0 Å². The molecule has 1 saturated heterocycles. The molecule has 0 bridgehead atoms. The first-order chi connectivity index (χ1) is 15.3. The number of rotatable bonds is 6. The smallest absolute Gasteiger partial charge is 0.326 e. The van der Waals surface area contributed by atoms with Crippen molar-refractivity contribution in [3.05, 3.63) is 59.7 Å². The lowest BCUT2D eigenvalue weighted by Gasteiger charge is -2.25. The highest BCUT2D eigenvalue weighted by atomic mass is 32.2. The monoisotopic (exact) mass is 462 g/mol. The number of hydrogen-bond acceptors (Lipinski definition) is 3. The second kappa shape index (κ2) is 9.57. The van der Waals surface area contributed by atoms with E-state index in [1.54, 1.807) is 12.1 Å². The minimum atomic E-state index is -4.42. The number of benzene rings is 2. The van der Waals surface area contributed by atoms with E-state index in [1.165, 1.54) is 54.5 Å². The standard InChI is InChI=1S/C24H25F3N2O2S/c25-24(26,27)18-8-12-20(13-9-18)29-22(31)15-32-23(29)17-6-10-19(11-7-17)28-21(30)14-5-16-3-1-2-4-16/h6-13,16,23H,1-5,14-15H2,(H,28,30)/t23-/m0/s1. The zero-order chi connectivity index (χ0) is 22.7. The lowest BCUT2D eigenvalue weighted by Crippen LogP contribution is -2.27. The van der Waals surface area contributed by atoms with Gasteiger partial charge in [0.2, 0.25) is 11.8 Å². The van der Waals surface area contributed by atoms with Crippen LogP contribution in [0.1, 0.15) is 55.0 Å². The highest BCUT2D eigenvalue weighted by molar-refractivity contribution is 8.00. The van der Waals surface area contributed by atoms with E-state index in [9.17, 15) is 22.8 Å². The molecule has 4 nitrogen and oxygen atoms in total. The van der Waals surface area contributed by atoms with Gasteiger partial charge in [0.1, 0.15) is 5.37 Å². The van der Waals surface area contributed by atoms with Crippen LogP contribution in [0.4, 0.5) is 24.5 Å². The Morgan fingerprint density at radius 1 is 1.03 bits per heavy atom. The van der Waals surface area contributed by atoms with Crippen molar-refractivity contribution in [2.24, 2.45) is 5.92 Å². The van der Waals surface area contributed by atoms with Crippen molar-refractivity contribution >= 4 is 35.0 Å². The number of nitrogens with zero attached hydrogens (tertiary/aromatic N) is 1. The van der Waals surface area contributed by atoms with Gasteiger partial charge in [0.05, 0.1) is 11.3 Å². The molecule has 170 valence electrons. The third-order valence-corrected chi connectivity index (χ3v) is 7.29. The van der Waals surface area contributed by atoms with Gasteiger partial charge in [-0.2, -0.15) is 13.2 Å². The molecule has 0 unspecified atom stereocenters. The molecule has 2 aromatic carbocycles. The fourth-order valence-electron chi connectivity index (χ4n) is 4.35. The van der Waals surface area contributed by atoms with Crippen LogP contribution < -0.4 is 10.2 Å². The van der Waals surface area contributed by atoms with Crippen LogP contribution >= 0.6 is 11.8 Å². The number of halogens is 3. The van der Waals surface area contributed by atoms with E-state index in [-0.39, 0.29) is 22.9 Å². The lowest BCUT2D eigenvalue weighted by molar-refractivity contribution is -0.137. The zero-order valence-electron chi connectivity index (χ0n) is 17.5. The summed E-state index contributed by atoms with van der Waals surface area (Å²) >= 11 is 1.43. The molecule has 1 atom stereocenters. The van der Waals surface area contributed by atoms with E-state index in [1.807, 2.05) is 12.1 Å². The Hall–Kier alpha value is -2.48. The van der Waals surface area contributed by atoms with Crippen LogP contribution in [0.25, 0.3) is 0 Å². The molecule has 1 N–H and O–H groups in total. The summed E-state index contributed by atoms with van der Waals surface area (Å²) in [4.78, 5) is 26.2. The number of amides is 2. The molecule has 8 heteroatoms. The first kappa shape index (κ1) is 22.7. The molecule has 1 aliphatic heterocycles. The van der Waals surface area contributed by atoms with E-state index in [4.69, 9.17) is 0 Å². The minimum absolute atomic E-state index is 0.00134. The number of hydrogen-bond donors (Lipinski definition) is 1. The molecular formula is C24H25F3N2O2S. The quantitative estimate of drug-likeness (QED) is 0.541. The van der Waals surface area contributed by atoms with Gasteiger partial charge in [0.15, 0.2) is 0 Å². The van der Waals surface area contributed by atoms with E-state index >= 15 is 0 Å². The Bertz CT molecular complexity index is 955. The Morgan fingerprint density at radius 3 is 2.31 bits per heavy atom. The minimum Gasteiger partial charge on any atom is -0.326 e. The Morgan fingerprint density at radius 2 is 1.69 bits per heavy atom. The zero-order valence-corrected chi connectivity index (χ0v) is 18.3. The van der Waals surface area contributed by atoms with Crippen LogP contribution in [0, 0.1) is 5.92 Å². The topological polar surface area (TPSA) is 49.4 Å². The molecule has 0 radical (unpaired) electrons. The van der Waals surface area contributed by atoms with Crippen LogP contribution in [0.5, 0.6) is 0 Å². The summed E-state index contributed by atoms with van der Waals surface area (Å²) in [7, 11) is 0. The number of thioether (sulfide) groups is 1. The van der Waals surface area contributed by atoms with Gasteiger partial charge in [-0.3, -0.25) is 14.5 Å². The molecular weight excluding hydrogens is 437 g/mol. The van der Waals surface area contributed by atoms with Crippen molar-refractivity contribution < 1.29 is 22.8 Å². The van der Waals surface area contributed by atoms with E-state index in [0.717, 1.165) is 24.1 Å². The van der Waals surface area contributed by atoms with Crippen LogP contribution in [-0.4, -0.2) is 17.6 Å². The van der Waals surface area contributed by atoms with E-state index in [0.29, 0.717) is 23.7 Å². The van der Waals surface area contributed by atoms with Gasteiger partial charge in [-0.05, 0) is 54.3 Å². The summed E-state index contributed by atoms with van der Waals surface area (Å²) in [6.07, 6.45) is 1.98. The molecule has 1 heterocycles. The number of nitrogens with one attached hydrogen (secondary N) is 1. The highest BCUT2D eigenvalue weighted by Gasteiger charge is 2.35. The summed E-state index contributed by atoms with van der Waals surface area (Å²) in [6.45, 7) is 0. The van der Waals surface area contributed by atoms with Gasteiger partial charge >= 0.3 is 6.18 Å². The van der Waals surface area contributed by atoms with Crippen molar-refractivity contribution in [3.63, 3.8) is 0 Å². The van der Waals surface area contributed by atoms with Crippen molar-refractivity contribution in [3.8, 4) is 0 Å². The van der Waals surface area contributed by atoms with Gasteiger partial charge in [0, 0.05) is 17.8 Å². The third-order valence-electron chi connectivity index (χ3n) is 6.07. The molecule has 2 aliphatic rings. The van der Waals surface area contributed by atoms with Crippen LogP contribution in [-0.2, 0) is 15.8 Å². The van der Waals surface area contributed by atoms with Gasteiger partial charge in [-0.15, -0.1) is 11.8 Å². The average Bonchev–Trinajstić information content (AvgIpc) is 3.42. The summed E-state index contributed by atoms with van der Waals surface area (Å²) < 4.78 is 38.6. The SMILES string of the molecule is O=C(CCC1CCCC1)Nc1ccc([C@@H]2SCC(=O)N2c2ccc(C(F)(F)F)cc2)cc1. The number of carbonyl (C=O) groups excluding carboxylic acids is 2. The molecule has 0 aromatic heterocycles. The maximum Gasteiger partial charge on any atom is 0.416 e. The highest BCUT2D eigenvalue weighted by Crippen LogP contribution is 2.42. The number of carbonyl (C=O) groups is 2. The summed E-state index contributed by atoms with van der Waals surface area (Å²) in [5.74, 6) is 0.771. The van der Waals surface area contributed by atoms with E-state index in [2.05, 4.69) is 5.32 Å². The second-order valence-corrected chi connectivity index (χ2v) is 9.40. The average molecular weight is 463 g/mol. The normalized spacial score (nSPS) is 19.5. The van der Waals surface area contributed by atoms with Crippen LogP contribution in [0.2, 0.25) is 0 Å². The number of alkyl halides is 3. The molecule has 32 heavy (non-hydrogen) atoms. The van der Waals surface area contributed by atoms with E-state index < -0.39 is 11.7 Å². The molecule has 4 rings (SSSR count). The Kier molecular flexibility index (Phi) is 6.79. The third kappa shape index (κ3) is 5.28. The second-order valence-electron chi connectivity index (χ2n) is 8.33.